The van der Waals surface area contributed by atoms with Crippen LogP contribution in [0.25, 0.3) is 0 Å². The summed E-state index contributed by atoms with van der Waals surface area (Å²) in [5.41, 5.74) is 3.09. The molecule has 1 aliphatic heterocycles. The first-order valence-corrected chi connectivity index (χ1v) is 7.02. The van der Waals surface area contributed by atoms with E-state index in [1.165, 1.54) is 16.9 Å². The van der Waals surface area contributed by atoms with Crippen molar-refractivity contribution in [1.82, 2.24) is 5.32 Å². The second-order valence-corrected chi connectivity index (χ2v) is 6.63. The Kier molecular flexibility index (Phi) is 3.32. The van der Waals surface area contributed by atoms with Crippen LogP contribution in [-0.2, 0) is 0 Å². The highest BCUT2D eigenvalue weighted by molar-refractivity contribution is 7.99. The lowest BCUT2D eigenvalue weighted by Gasteiger charge is -2.19. The third-order valence-corrected chi connectivity index (χ3v) is 4.65. The number of hydrogen-bond donors (Lipinski definition) is 1. The average molecular weight is 235 g/mol. The number of benzene rings is 1. The highest BCUT2D eigenvalue weighted by Gasteiger charge is 2.31. The van der Waals surface area contributed by atoms with Gasteiger partial charge >= 0.3 is 0 Å². The Morgan fingerprint density at radius 2 is 1.88 bits per heavy atom. The van der Waals surface area contributed by atoms with Crippen LogP contribution < -0.4 is 5.32 Å². The van der Waals surface area contributed by atoms with Gasteiger partial charge in [-0.05, 0) is 30.9 Å². The predicted molar refractivity (Wildman–Crippen MR) is 72.9 cm³/mol. The second kappa shape index (κ2) is 4.42. The van der Waals surface area contributed by atoms with Gasteiger partial charge in [0, 0.05) is 11.3 Å². The molecule has 0 saturated carbocycles. The first-order valence-electron chi connectivity index (χ1n) is 5.97. The van der Waals surface area contributed by atoms with E-state index < -0.39 is 0 Å². The maximum Gasteiger partial charge on any atom is 0.0794 e. The first kappa shape index (κ1) is 12.0. The van der Waals surface area contributed by atoms with E-state index >= 15 is 0 Å². The zero-order chi connectivity index (χ0) is 11.8. The Labute approximate surface area is 103 Å². The normalized spacial score (nSPS) is 23.9. The van der Waals surface area contributed by atoms with E-state index in [1.807, 2.05) is 11.8 Å². The van der Waals surface area contributed by atoms with Crippen LogP contribution in [0.3, 0.4) is 0 Å². The molecular formula is C14H21NS. The standard InChI is InChI=1S/C14H21NS/c1-10(2)11-5-7-12(8-6-11)13-15-14(3,4)9-16-13/h5-8,10,13,15H,9H2,1-4H3. The van der Waals surface area contributed by atoms with Crippen LogP contribution in [0, 0.1) is 0 Å². The fourth-order valence-corrected chi connectivity index (χ4v) is 3.38. The minimum absolute atomic E-state index is 0.270. The van der Waals surface area contributed by atoms with Crippen molar-refractivity contribution >= 4 is 11.8 Å². The topological polar surface area (TPSA) is 12.0 Å². The Morgan fingerprint density at radius 1 is 1.25 bits per heavy atom. The molecule has 1 N–H and O–H groups in total. The molecule has 2 rings (SSSR count). The largest absolute Gasteiger partial charge is 0.296 e. The second-order valence-electron chi connectivity index (χ2n) is 5.54. The van der Waals surface area contributed by atoms with E-state index in [-0.39, 0.29) is 5.54 Å². The maximum absolute atomic E-state index is 3.66. The van der Waals surface area contributed by atoms with Crippen molar-refractivity contribution in [2.75, 3.05) is 5.75 Å². The summed E-state index contributed by atoms with van der Waals surface area (Å²) in [6.07, 6.45) is 0. The van der Waals surface area contributed by atoms with Crippen molar-refractivity contribution in [3.8, 4) is 0 Å². The average Bonchev–Trinajstić information content (AvgIpc) is 2.59. The summed E-state index contributed by atoms with van der Waals surface area (Å²) in [7, 11) is 0. The molecule has 0 aliphatic carbocycles. The van der Waals surface area contributed by atoms with Gasteiger partial charge in [0.1, 0.15) is 0 Å². The van der Waals surface area contributed by atoms with Crippen LogP contribution in [0.15, 0.2) is 24.3 Å². The zero-order valence-corrected chi connectivity index (χ0v) is 11.4. The van der Waals surface area contributed by atoms with E-state index in [0.717, 1.165) is 0 Å². The monoisotopic (exact) mass is 235 g/mol. The van der Waals surface area contributed by atoms with Crippen molar-refractivity contribution in [3.63, 3.8) is 0 Å². The Bertz CT molecular complexity index is 354. The van der Waals surface area contributed by atoms with Crippen LogP contribution in [0.4, 0.5) is 0 Å². The van der Waals surface area contributed by atoms with E-state index in [0.29, 0.717) is 11.3 Å². The molecule has 1 nitrogen and oxygen atoms in total. The number of rotatable bonds is 2. The summed E-state index contributed by atoms with van der Waals surface area (Å²) in [6.45, 7) is 9.01. The van der Waals surface area contributed by atoms with Crippen LogP contribution in [0.1, 0.15) is 50.1 Å². The molecule has 0 aromatic heterocycles. The van der Waals surface area contributed by atoms with Crippen molar-refractivity contribution in [1.29, 1.82) is 0 Å². The molecule has 0 spiro atoms. The summed E-state index contributed by atoms with van der Waals surface area (Å²) in [6, 6.07) is 9.05. The van der Waals surface area contributed by atoms with Crippen molar-refractivity contribution < 1.29 is 0 Å². The molecule has 1 aromatic carbocycles. The molecule has 1 aromatic rings. The SMILES string of the molecule is CC(C)c1ccc(C2NC(C)(C)CS2)cc1. The van der Waals surface area contributed by atoms with Gasteiger partial charge in [0.05, 0.1) is 5.37 Å². The lowest BCUT2D eigenvalue weighted by molar-refractivity contribution is 0.452. The minimum Gasteiger partial charge on any atom is -0.296 e. The van der Waals surface area contributed by atoms with E-state index in [4.69, 9.17) is 0 Å². The fourth-order valence-electron chi connectivity index (χ4n) is 1.97. The predicted octanol–water partition coefficient (Wildman–Crippen LogP) is 3.92. The van der Waals surface area contributed by atoms with Gasteiger partial charge < -0.3 is 0 Å². The van der Waals surface area contributed by atoms with Gasteiger partial charge in [0.2, 0.25) is 0 Å². The third kappa shape index (κ3) is 2.61. The van der Waals surface area contributed by atoms with Gasteiger partial charge in [-0.15, -0.1) is 11.8 Å². The molecule has 0 amide bonds. The summed E-state index contributed by atoms with van der Waals surface area (Å²) < 4.78 is 0. The Morgan fingerprint density at radius 3 is 2.31 bits per heavy atom. The summed E-state index contributed by atoms with van der Waals surface area (Å²) >= 11 is 2.01. The lowest BCUT2D eigenvalue weighted by atomic mass is 10.0. The van der Waals surface area contributed by atoms with Crippen LogP contribution in [0.2, 0.25) is 0 Å². The van der Waals surface area contributed by atoms with Crippen molar-refractivity contribution in [3.05, 3.63) is 35.4 Å². The number of nitrogens with one attached hydrogen (secondary N) is 1. The molecule has 1 aliphatic rings. The highest BCUT2D eigenvalue weighted by atomic mass is 32.2. The molecule has 1 heterocycles. The molecule has 16 heavy (non-hydrogen) atoms. The van der Waals surface area contributed by atoms with Gasteiger partial charge in [-0.2, -0.15) is 0 Å². The molecule has 1 fully saturated rings. The highest BCUT2D eigenvalue weighted by Crippen LogP contribution is 2.37. The third-order valence-electron chi connectivity index (χ3n) is 3.04. The van der Waals surface area contributed by atoms with E-state index in [9.17, 15) is 0 Å². The number of hydrogen-bond acceptors (Lipinski definition) is 2. The Balaban J connectivity index is 2.11. The van der Waals surface area contributed by atoms with E-state index in [2.05, 4.69) is 57.3 Å². The van der Waals surface area contributed by atoms with Crippen LogP contribution in [0.5, 0.6) is 0 Å². The molecule has 1 atom stereocenters. The summed E-state index contributed by atoms with van der Waals surface area (Å²) in [4.78, 5) is 0. The number of thioether (sulfide) groups is 1. The molecule has 88 valence electrons. The molecular weight excluding hydrogens is 214 g/mol. The quantitative estimate of drug-likeness (QED) is 0.833. The zero-order valence-electron chi connectivity index (χ0n) is 10.6. The van der Waals surface area contributed by atoms with Gasteiger partial charge in [0.15, 0.2) is 0 Å². The minimum atomic E-state index is 0.270. The lowest BCUT2D eigenvalue weighted by Crippen LogP contribution is -2.35. The smallest absolute Gasteiger partial charge is 0.0794 e. The first-order chi connectivity index (χ1) is 7.48. The summed E-state index contributed by atoms with van der Waals surface area (Å²) in [5.74, 6) is 1.80. The summed E-state index contributed by atoms with van der Waals surface area (Å²) in [5, 5.41) is 4.13. The molecule has 1 unspecified atom stereocenters. The molecule has 0 bridgehead atoms. The van der Waals surface area contributed by atoms with Gasteiger partial charge in [0.25, 0.3) is 0 Å². The maximum atomic E-state index is 3.66. The van der Waals surface area contributed by atoms with Gasteiger partial charge in [-0.1, -0.05) is 38.1 Å². The van der Waals surface area contributed by atoms with Crippen LogP contribution in [-0.4, -0.2) is 11.3 Å². The van der Waals surface area contributed by atoms with Crippen molar-refractivity contribution in [2.24, 2.45) is 0 Å². The van der Waals surface area contributed by atoms with Crippen LogP contribution >= 0.6 is 11.8 Å². The Hall–Kier alpha value is -0.470. The van der Waals surface area contributed by atoms with E-state index in [1.54, 1.807) is 0 Å². The van der Waals surface area contributed by atoms with Gasteiger partial charge in [-0.3, -0.25) is 5.32 Å². The van der Waals surface area contributed by atoms with Gasteiger partial charge in [-0.25, -0.2) is 0 Å². The van der Waals surface area contributed by atoms with Crippen molar-refractivity contribution in [2.45, 2.75) is 44.5 Å². The molecule has 2 heteroatoms. The molecule has 1 saturated heterocycles. The fraction of sp³-hybridized carbons (Fsp3) is 0.571. The molecule has 0 radical (unpaired) electrons.